The summed E-state index contributed by atoms with van der Waals surface area (Å²) >= 11 is 0. The first kappa shape index (κ1) is 15.0. The molecule has 0 saturated heterocycles. The third kappa shape index (κ3) is 6.05. The largest absolute Gasteiger partial charge is 0.382 e. The van der Waals surface area contributed by atoms with Crippen LogP contribution in [0.4, 0.5) is 5.95 Å². The molecular formula is C14H27N3O. The van der Waals surface area contributed by atoms with Crippen molar-refractivity contribution in [1.82, 2.24) is 9.55 Å². The molecule has 0 aliphatic rings. The Morgan fingerprint density at radius 3 is 2.83 bits per heavy atom. The van der Waals surface area contributed by atoms with E-state index in [-0.39, 0.29) is 0 Å². The van der Waals surface area contributed by atoms with Crippen LogP contribution in [0.1, 0.15) is 40.5 Å². The van der Waals surface area contributed by atoms with Crippen LogP contribution >= 0.6 is 0 Å². The van der Waals surface area contributed by atoms with Crippen molar-refractivity contribution in [2.45, 2.75) is 47.1 Å². The van der Waals surface area contributed by atoms with Crippen molar-refractivity contribution in [3.05, 3.63) is 12.4 Å². The molecule has 4 heteroatoms. The zero-order valence-corrected chi connectivity index (χ0v) is 12.2. The van der Waals surface area contributed by atoms with Gasteiger partial charge in [-0.05, 0) is 25.2 Å². The van der Waals surface area contributed by atoms with Gasteiger partial charge < -0.3 is 14.6 Å². The summed E-state index contributed by atoms with van der Waals surface area (Å²) in [6.45, 7) is 12.3. The van der Waals surface area contributed by atoms with E-state index in [4.69, 9.17) is 4.74 Å². The number of ether oxygens (including phenoxy) is 1. The molecule has 0 aliphatic heterocycles. The Balaban J connectivity index is 2.31. The van der Waals surface area contributed by atoms with Crippen LogP contribution in [-0.4, -0.2) is 29.3 Å². The fourth-order valence-electron chi connectivity index (χ4n) is 1.63. The molecule has 0 aromatic carbocycles. The SMILES string of the molecule is CCOCCCNc1nccn1CCC(C)(C)C. The van der Waals surface area contributed by atoms with Crippen LogP contribution in [0, 0.1) is 5.41 Å². The van der Waals surface area contributed by atoms with Gasteiger partial charge in [0.25, 0.3) is 0 Å². The van der Waals surface area contributed by atoms with Gasteiger partial charge in [-0.2, -0.15) is 0 Å². The Hall–Kier alpha value is -1.03. The smallest absolute Gasteiger partial charge is 0.202 e. The van der Waals surface area contributed by atoms with E-state index in [1.807, 2.05) is 19.3 Å². The molecule has 0 spiro atoms. The minimum atomic E-state index is 0.358. The van der Waals surface area contributed by atoms with Crippen molar-refractivity contribution in [2.24, 2.45) is 5.41 Å². The molecule has 1 heterocycles. The van der Waals surface area contributed by atoms with Crippen LogP contribution in [-0.2, 0) is 11.3 Å². The van der Waals surface area contributed by atoms with Crippen LogP contribution in [0.25, 0.3) is 0 Å². The quantitative estimate of drug-likeness (QED) is 0.723. The Morgan fingerprint density at radius 2 is 2.17 bits per heavy atom. The third-order valence-corrected chi connectivity index (χ3v) is 2.77. The van der Waals surface area contributed by atoms with Gasteiger partial charge in [0.1, 0.15) is 0 Å². The summed E-state index contributed by atoms with van der Waals surface area (Å²) in [6.07, 6.45) is 6.06. The standard InChI is InChI=1S/C14H27N3O/c1-5-18-12-6-8-15-13-16-9-11-17(13)10-7-14(2,3)4/h9,11H,5-8,10,12H2,1-4H3,(H,15,16). The summed E-state index contributed by atoms with van der Waals surface area (Å²) in [5, 5.41) is 3.36. The van der Waals surface area contributed by atoms with E-state index in [0.29, 0.717) is 5.41 Å². The van der Waals surface area contributed by atoms with Crippen LogP contribution in [0.2, 0.25) is 0 Å². The topological polar surface area (TPSA) is 39.1 Å². The van der Waals surface area contributed by atoms with Crippen molar-refractivity contribution in [3.8, 4) is 0 Å². The summed E-state index contributed by atoms with van der Waals surface area (Å²) in [6, 6.07) is 0. The molecule has 1 rings (SSSR count). The molecule has 0 fully saturated rings. The summed E-state index contributed by atoms with van der Waals surface area (Å²) in [5.74, 6) is 0.968. The lowest BCUT2D eigenvalue weighted by molar-refractivity contribution is 0.147. The highest BCUT2D eigenvalue weighted by molar-refractivity contribution is 5.25. The molecule has 0 aliphatic carbocycles. The van der Waals surface area contributed by atoms with Crippen LogP contribution in [0.15, 0.2) is 12.4 Å². The van der Waals surface area contributed by atoms with E-state index >= 15 is 0 Å². The van der Waals surface area contributed by atoms with E-state index in [0.717, 1.165) is 45.1 Å². The fraction of sp³-hybridized carbons (Fsp3) is 0.786. The second-order valence-electron chi connectivity index (χ2n) is 5.73. The first-order valence-corrected chi connectivity index (χ1v) is 6.85. The second kappa shape index (κ2) is 7.41. The molecule has 4 nitrogen and oxygen atoms in total. The van der Waals surface area contributed by atoms with Crippen molar-refractivity contribution in [3.63, 3.8) is 0 Å². The Kier molecular flexibility index (Phi) is 6.19. The number of hydrogen-bond donors (Lipinski definition) is 1. The lowest BCUT2D eigenvalue weighted by Crippen LogP contribution is -2.14. The zero-order valence-electron chi connectivity index (χ0n) is 12.2. The van der Waals surface area contributed by atoms with Gasteiger partial charge >= 0.3 is 0 Å². The monoisotopic (exact) mass is 253 g/mol. The lowest BCUT2D eigenvalue weighted by Gasteiger charge is -2.19. The predicted octanol–water partition coefficient (Wildman–Crippen LogP) is 3.16. The van der Waals surface area contributed by atoms with Gasteiger partial charge in [-0.25, -0.2) is 4.98 Å². The number of anilines is 1. The van der Waals surface area contributed by atoms with Gasteiger partial charge in [-0.1, -0.05) is 20.8 Å². The number of nitrogens with zero attached hydrogens (tertiary/aromatic N) is 2. The molecule has 1 aromatic heterocycles. The van der Waals surface area contributed by atoms with E-state index in [9.17, 15) is 0 Å². The second-order valence-corrected chi connectivity index (χ2v) is 5.73. The summed E-state index contributed by atoms with van der Waals surface area (Å²) < 4.78 is 7.49. The molecule has 18 heavy (non-hydrogen) atoms. The molecule has 0 unspecified atom stereocenters. The molecule has 1 aromatic rings. The highest BCUT2D eigenvalue weighted by atomic mass is 16.5. The highest BCUT2D eigenvalue weighted by Gasteiger charge is 2.11. The Morgan fingerprint density at radius 1 is 1.39 bits per heavy atom. The van der Waals surface area contributed by atoms with Gasteiger partial charge in [0.15, 0.2) is 0 Å². The molecule has 1 N–H and O–H groups in total. The minimum Gasteiger partial charge on any atom is -0.382 e. The maximum atomic E-state index is 5.31. The molecular weight excluding hydrogens is 226 g/mol. The number of nitrogens with one attached hydrogen (secondary N) is 1. The third-order valence-electron chi connectivity index (χ3n) is 2.77. The first-order valence-electron chi connectivity index (χ1n) is 6.85. The van der Waals surface area contributed by atoms with Crippen molar-refractivity contribution < 1.29 is 4.74 Å². The number of aromatic nitrogens is 2. The zero-order chi connectivity index (χ0) is 13.4. The van der Waals surface area contributed by atoms with Crippen molar-refractivity contribution in [1.29, 1.82) is 0 Å². The van der Waals surface area contributed by atoms with Gasteiger partial charge in [0.05, 0.1) is 0 Å². The number of aryl methyl sites for hydroxylation is 1. The Bertz CT molecular complexity index is 328. The van der Waals surface area contributed by atoms with E-state index in [1.54, 1.807) is 0 Å². The van der Waals surface area contributed by atoms with Gasteiger partial charge in [-0.3, -0.25) is 0 Å². The molecule has 0 saturated carbocycles. The summed E-state index contributed by atoms with van der Waals surface area (Å²) in [4.78, 5) is 4.35. The van der Waals surface area contributed by atoms with E-state index in [1.165, 1.54) is 0 Å². The van der Waals surface area contributed by atoms with Crippen molar-refractivity contribution >= 4 is 5.95 Å². The maximum Gasteiger partial charge on any atom is 0.202 e. The van der Waals surface area contributed by atoms with E-state index < -0.39 is 0 Å². The normalized spacial score (nSPS) is 11.8. The van der Waals surface area contributed by atoms with E-state index in [2.05, 4.69) is 35.6 Å². The molecule has 0 bridgehead atoms. The van der Waals surface area contributed by atoms with Crippen molar-refractivity contribution in [2.75, 3.05) is 25.1 Å². The molecule has 0 amide bonds. The van der Waals surface area contributed by atoms with Gasteiger partial charge in [0.2, 0.25) is 5.95 Å². The molecule has 104 valence electrons. The first-order chi connectivity index (χ1) is 8.53. The average molecular weight is 253 g/mol. The number of rotatable bonds is 8. The lowest BCUT2D eigenvalue weighted by atomic mass is 9.92. The van der Waals surface area contributed by atoms with Crippen LogP contribution in [0.5, 0.6) is 0 Å². The highest BCUT2D eigenvalue weighted by Crippen LogP contribution is 2.20. The summed E-state index contributed by atoms with van der Waals surface area (Å²) in [5.41, 5.74) is 0.358. The molecule has 0 radical (unpaired) electrons. The Labute approximate surface area is 111 Å². The van der Waals surface area contributed by atoms with Crippen LogP contribution < -0.4 is 5.32 Å². The van der Waals surface area contributed by atoms with Gasteiger partial charge in [-0.15, -0.1) is 0 Å². The molecule has 0 atom stereocenters. The van der Waals surface area contributed by atoms with Gasteiger partial charge in [0, 0.05) is 38.7 Å². The number of hydrogen-bond acceptors (Lipinski definition) is 3. The average Bonchev–Trinajstić information content (AvgIpc) is 2.73. The maximum absolute atomic E-state index is 5.31. The predicted molar refractivity (Wildman–Crippen MR) is 75.9 cm³/mol. The number of imidazole rings is 1. The summed E-state index contributed by atoms with van der Waals surface area (Å²) in [7, 11) is 0. The fourth-order valence-corrected chi connectivity index (χ4v) is 1.63. The van der Waals surface area contributed by atoms with Crippen LogP contribution in [0.3, 0.4) is 0 Å². The minimum absolute atomic E-state index is 0.358.